The van der Waals surface area contributed by atoms with Crippen LogP contribution in [0.4, 0.5) is 0 Å². The number of carbonyl (C=O) groups excluding carboxylic acids is 2. The lowest BCUT2D eigenvalue weighted by molar-refractivity contribution is -0.150. The summed E-state index contributed by atoms with van der Waals surface area (Å²) >= 11 is 16.4. The predicted octanol–water partition coefficient (Wildman–Crippen LogP) is 5.75. The first-order valence-electron chi connectivity index (χ1n) is 8.73. The molecule has 0 spiro atoms. The van der Waals surface area contributed by atoms with Crippen LogP contribution in [0, 0.1) is 0 Å². The number of hydrogen-bond donors (Lipinski definition) is 0. The molecule has 0 atom stereocenters. The normalized spacial score (nSPS) is 11.3. The van der Waals surface area contributed by atoms with E-state index in [-0.39, 0.29) is 19.4 Å². The maximum absolute atomic E-state index is 11.5. The van der Waals surface area contributed by atoms with Crippen LogP contribution in [0.2, 0.25) is 0 Å². The first kappa shape index (κ1) is 23.8. The van der Waals surface area contributed by atoms with Gasteiger partial charge in [0.15, 0.2) is 0 Å². The second-order valence-corrected chi connectivity index (χ2v) is 8.34. The summed E-state index contributed by atoms with van der Waals surface area (Å²) in [6.45, 7) is 2.29. The molecular weight excluding hydrogens is 375 g/mol. The van der Waals surface area contributed by atoms with Crippen LogP contribution in [0.3, 0.4) is 0 Å². The van der Waals surface area contributed by atoms with E-state index in [1.807, 2.05) is 0 Å². The highest BCUT2D eigenvalue weighted by Gasteiger charge is 2.22. The van der Waals surface area contributed by atoms with Crippen LogP contribution in [-0.4, -0.2) is 28.9 Å². The summed E-state index contributed by atoms with van der Waals surface area (Å²) in [6.07, 6.45) is 10.8. The number of halogens is 3. The lowest BCUT2D eigenvalue weighted by Crippen LogP contribution is -2.18. The minimum absolute atomic E-state index is 0.0177. The Kier molecular flexibility index (Phi) is 15.0. The summed E-state index contributed by atoms with van der Waals surface area (Å²) in [5.74, 6) is -0.984. The molecule has 0 aromatic heterocycles. The summed E-state index contributed by atoms with van der Waals surface area (Å²) in [7, 11) is 0. The Morgan fingerprint density at radius 3 is 1.71 bits per heavy atom. The molecule has 4 nitrogen and oxygen atoms in total. The van der Waals surface area contributed by atoms with Crippen molar-refractivity contribution < 1.29 is 19.1 Å². The van der Waals surface area contributed by atoms with Gasteiger partial charge in [-0.15, -0.1) is 0 Å². The van der Waals surface area contributed by atoms with Crippen molar-refractivity contribution in [2.75, 3.05) is 13.2 Å². The largest absolute Gasteiger partial charge is 0.466 e. The van der Waals surface area contributed by atoms with Gasteiger partial charge in [0.1, 0.15) is 6.61 Å². The summed E-state index contributed by atoms with van der Waals surface area (Å²) < 4.78 is 8.16. The van der Waals surface area contributed by atoms with Crippen molar-refractivity contribution >= 4 is 46.7 Å². The SMILES string of the molecule is CCCCCCCCCCCOC(=O)CCC(=O)OCC(Cl)(Cl)Cl. The summed E-state index contributed by atoms with van der Waals surface area (Å²) in [4.78, 5) is 22.8. The summed E-state index contributed by atoms with van der Waals surface area (Å²) in [6, 6.07) is 0. The maximum Gasteiger partial charge on any atom is 0.306 e. The molecule has 0 N–H and O–H groups in total. The zero-order valence-corrected chi connectivity index (χ0v) is 16.7. The number of rotatable bonds is 14. The molecule has 0 radical (unpaired) electrons. The van der Waals surface area contributed by atoms with Crippen molar-refractivity contribution in [3.05, 3.63) is 0 Å². The molecule has 0 bridgehead atoms. The highest BCUT2D eigenvalue weighted by molar-refractivity contribution is 6.67. The van der Waals surface area contributed by atoms with Crippen molar-refractivity contribution in [3.8, 4) is 0 Å². The van der Waals surface area contributed by atoms with Crippen LogP contribution in [0.5, 0.6) is 0 Å². The van der Waals surface area contributed by atoms with E-state index in [2.05, 4.69) is 6.92 Å². The van der Waals surface area contributed by atoms with Gasteiger partial charge in [-0.25, -0.2) is 0 Å². The monoisotopic (exact) mass is 402 g/mol. The summed E-state index contributed by atoms with van der Waals surface area (Å²) in [5.41, 5.74) is 0. The van der Waals surface area contributed by atoms with Crippen molar-refractivity contribution in [2.45, 2.75) is 81.3 Å². The fourth-order valence-electron chi connectivity index (χ4n) is 2.11. The van der Waals surface area contributed by atoms with E-state index in [4.69, 9.17) is 44.3 Å². The third-order valence-corrected chi connectivity index (χ3v) is 3.77. The lowest BCUT2D eigenvalue weighted by Gasteiger charge is -2.11. The number of ether oxygens (including phenoxy) is 2. The summed E-state index contributed by atoms with van der Waals surface area (Å²) in [5, 5.41) is 0. The molecular formula is C17H29Cl3O4. The Morgan fingerprint density at radius 2 is 1.21 bits per heavy atom. The number of hydrogen-bond acceptors (Lipinski definition) is 4. The van der Waals surface area contributed by atoms with Gasteiger partial charge >= 0.3 is 11.9 Å². The molecule has 0 aliphatic heterocycles. The van der Waals surface area contributed by atoms with Gasteiger partial charge in [-0.3, -0.25) is 9.59 Å². The molecule has 7 heteroatoms. The Balaban J connectivity index is 3.39. The van der Waals surface area contributed by atoms with Crippen LogP contribution in [0.1, 0.15) is 77.6 Å². The molecule has 0 saturated carbocycles. The molecule has 0 heterocycles. The molecule has 0 rings (SSSR count). The molecule has 0 fully saturated rings. The Hall–Kier alpha value is -0.190. The fourth-order valence-corrected chi connectivity index (χ4v) is 2.27. The third kappa shape index (κ3) is 18.2. The van der Waals surface area contributed by atoms with E-state index in [1.54, 1.807) is 0 Å². The van der Waals surface area contributed by atoms with Gasteiger partial charge in [0, 0.05) is 0 Å². The molecule has 142 valence electrons. The molecule has 0 amide bonds. The Labute approximate surface area is 160 Å². The van der Waals surface area contributed by atoms with Gasteiger partial charge in [0.05, 0.1) is 19.4 Å². The topological polar surface area (TPSA) is 52.6 Å². The minimum Gasteiger partial charge on any atom is -0.466 e. The maximum atomic E-state index is 11.5. The van der Waals surface area contributed by atoms with Crippen LogP contribution in [0.25, 0.3) is 0 Å². The van der Waals surface area contributed by atoms with E-state index in [0.29, 0.717) is 6.61 Å². The molecule has 0 aromatic rings. The lowest BCUT2D eigenvalue weighted by atomic mass is 10.1. The van der Waals surface area contributed by atoms with Gasteiger partial charge in [0.2, 0.25) is 3.79 Å². The number of alkyl halides is 3. The van der Waals surface area contributed by atoms with Crippen LogP contribution in [-0.2, 0) is 19.1 Å². The minimum atomic E-state index is -1.63. The quantitative estimate of drug-likeness (QED) is 0.210. The van der Waals surface area contributed by atoms with Crippen molar-refractivity contribution in [1.82, 2.24) is 0 Å². The van der Waals surface area contributed by atoms with Crippen LogP contribution < -0.4 is 0 Å². The predicted molar refractivity (Wildman–Crippen MR) is 98.7 cm³/mol. The van der Waals surface area contributed by atoms with Gasteiger partial charge in [-0.05, 0) is 6.42 Å². The van der Waals surface area contributed by atoms with Crippen LogP contribution >= 0.6 is 34.8 Å². The van der Waals surface area contributed by atoms with Crippen molar-refractivity contribution in [2.24, 2.45) is 0 Å². The molecule has 0 aromatic carbocycles. The third-order valence-electron chi connectivity index (χ3n) is 3.44. The van der Waals surface area contributed by atoms with Crippen LogP contribution in [0.15, 0.2) is 0 Å². The first-order chi connectivity index (χ1) is 11.3. The average molecular weight is 404 g/mol. The van der Waals surface area contributed by atoms with Crippen molar-refractivity contribution in [1.29, 1.82) is 0 Å². The number of carbonyl (C=O) groups is 2. The number of esters is 2. The fraction of sp³-hybridized carbons (Fsp3) is 0.882. The molecule has 0 unspecified atom stereocenters. The van der Waals surface area contributed by atoms with Gasteiger partial charge in [0.25, 0.3) is 0 Å². The molecule has 24 heavy (non-hydrogen) atoms. The molecule has 0 aliphatic rings. The Bertz CT molecular complexity index is 343. The Morgan fingerprint density at radius 1 is 0.750 bits per heavy atom. The van der Waals surface area contributed by atoms with E-state index in [9.17, 15) is 9.59 Å². The van der Waals surface area contributed by atoms with Gasteiger partial charge in [-0.2, -0.15) is 0 Å². The molecule has 0 saturated heterocycles. The first-order valence-corrected chi connectivity index (χ1v) is 9.86. The zero-order chi connectivity index (χ0) is 18.3. The second-order valence-electron chi connectivity index (χ2n) is 5.82. The smallest absolute Gasteiger partial charge is 0.306 e. The van der Waals surface area contributed by atoms with E-state index in [1.165, 1.54) is 44.9 Å². The average Bonchev–Trinajstić information content (AvgIpc) is 2.52. The highest BCUT2D eigenvalue weighted by Crippen LogP contribution is 2.26. The number of unbranched alkanes of at least 4 members (excludes halogenated alkanes) is 8. The van der Waals surface area contributed by atoms with Crippen molar-refractivity contribution in [3.63, 3.8) is 0 Å². The standard InChI is InChI=1S/C17H29Cl3O4/c1-2-3-4-5-6-7-8-9-10-13-23-15(21)11-12-16(22)24-14-17(18,19)20/h2-14H2,1H3. The van der Waals surface area contributed by atoms with Gasteiger partial charge in [-0.1, -0.05) is 93.1 Å². The van der Waals surface area contributed by atoms with E-state index < -0.39 is 15.7 Å². The molecule has 0 aliphatic carbocycles. The van der Waals surface area contributed by atoms with Gasteiger partial charge < -0.3 is 9.47 Å². The van der Waals surface area contributed by atoms with E-state index in [0.717, 1.165) is 12.8 Å². The highest BCUT2D eigenvalue weighted by atomic mass is 35.6. The zero-order valence-electron chi connectivity index (χ0n) is 14.5. The van der Waals surface area contributed by atoms with E-state index >= 15 is 0 Å². The second kappa shape index (κ2) is 15.1.